The van der Waals surface area contributed by atoms with Gasteiger partial charge in [-0.3, -0.25) is 9.59 Å². The summed E-state index contributed by atoms with van der Waals surface area (Å²) in [4.78, 5) is 34.0. The topological polar surface area (TPSA) is 128 Å². The molecule has 8 bridgehead atoms. The third kappa shape index (κ3) is 6.16. The van der Waals surface area contributed by atoms with Crippen LogP contribution >= 0.6 is 0 Å². The Balaban J connectivity index is 1.53. The molecule has 0 amide bonds. The summed E-state index contributed by atoms with van der Waals surface area (Å²) >= 11 is 0. The number of allylic oxidation sites excluding steroid dienone is 3. The standard InChI is InChI=1S/C41H56N4O5/c1-10-20(4)15-16-50-34(46)14-13-27-23(7)30-17-28-21(5)25(11-2)32(42-28)18-29-22(6)26(12-3)33(43-29)19-31-24(8)35-39(45-31)36(38(27)44-30)37(40(35)47)41(48)49-9/h17-20,23,25,27,37-38,40,42-45,47H,10-16H2,1-9H3/b30-17-,31-19-,32-18-/t20?,23-,25+,27-,37+,38?,40-/m0/s1. The maximum Gasteiger partial charge on any atom is 0.315 e. The second kappa shape index (κ2) is 14.3. The summed E-state index contributed by atoms with van der Waals surface area (Å²) in [7, 11) is 1.38. The van der Waals surface area contributed by atoms with E-state index in [2.05, 4.69) is 87.3 Å². The zero-order valence-corrected chi connectivity index (χ0v) is 31.3. The monoisotopic (exact) mass is 684 g/mol. The highest BCUT2D eigenvalue weighted by molar-refractivity contribution is 5.88. The van der Waals surface area contributed by atoms with Crippen molar-refractivity contribution in [1.29, 1.82) is 0 Å². The third-order valence-corrected chi connectivity index (χ3v) is 12.2. The highest BCUT2D eigenvalue weighted by Gasteiger charge is 2.49. The van der Waals surface area contributed by atoms with Crippen LogP contribution in [0.5, 0.6) is 0 Å². The average molecular weight is 685 g/mol. The molecule has 2 aromatic heterocycles. The molecule has 0 saturated carbocycles. The lowest BCUT2D eigenvalue weighted by molar-refractivity contribution is -0.147. The fourth-order valence-corrected chi connectivity index (χ4v) is 8.80. The molecule has 270 valence electrons. The molecule has 3 aliphatic heterocycles. The van der Waals surface area contributed by atoms with E-state index in [0.717, 1.165) is 75.9 Å². The number of aliphatic hydroxyl groups excluding tert-OH is 1. The summed E-state index contributed by atoms with van der Waals surface area (Å²) in [5.41, 5.74) is 11.6. The molecule has 7 atom stereocenters. The van der Waals surface area contributed by atoms with Gasteiger partial charge in [0.1, 0.15) is 5.92 Å². The molecule has 5 N–H and O–H groups in total. The van der Waals surface area contributed by atoms with Gasteiger partial charge in [-0.25, -0.2) is 0 Å². The van der Waals surface area contributed by atoms with Crippen LogP contribution in [0.25, 0.3) is 17.7 Å². The number of aliphatic hydroxyl groups is 1. The van der Waals surface area contributed by atoms with Crippen molar-refractivity contribution in [3.63, 3.8) is 0 Å². The predicted molar refractivity (Wildman–Crippen MR) is 197 cm³/mol. The summed E-state index contributed by atoms with van der Waals surface area (Å²) in [5.74, 6) is -0.802. The fraction of sp³-hybridized carbons (Fsp3) is 0.561. The van der Waals surface area contributed by atoms with E-state index in [1.165, 1.54) is 29.5 Å². The molecular formula is C41H56N4O5. The first-order chi connectivity index (χ1) is 23.9. The zero-order chi connectivity index (χ0) is 36.0. The Morgan fingerprint density at radius 2 is 1.76 bits per heavy atom. The quantitative estimate of drug-likeness (QED) is 0.210. The van der Waals surface area contributed by atoms with Gasteiger partial charge < -0.3 is 35.2 Å². The molecule has 0 radical (unpaired) electrons. The summed E-state index contributed by atoms with van der Waals surface area (Å²) in [6.45, 7) is 17.7. The Bertz CT molecular complexity index is 1890. The Morgan fingerprint density at radius 1 is 1.00 bits per heavy atom. The number of hydrogen-bond acceptors (Lipinski definition) is 7. The molecule has 9 nitrogen and oxygen atoms in total. The first kappa shape index (κ1) is 35.8. The zero-order valence-electron chi connectivity index (χ0n) is 31.3. The van der Waals surface area contributed by atoms with E-state index < -0.39 is 18.0 Å². The molecule has 5 heterocycles. The number of fused-ring (bicyclic) bond motifs is 8. The van der Waals surface area contributed by atoms with E-state index in [1.54, 1.807) is 0 Å². The molecule has 1 fully saturated rings. The second-order valence-electron chi connectivity index (χ2n) is 14.9. The van der Waals surface area contributed by atoms with Crippen LogP contribution in [-0.2, 0) is 25.5 Å². The Hall–Kier alpha value is -3.98. The number of esters is 2. The van der Waals surface area contributed by atoms with Crippen LogP contribution in [0.15, 0.2) is 28.7 Å². The molecule has 0 aromatic carbocycles. The van der Waals surface area contributed by atoms with Crippen LogP contribution in [0.1, 0.15) is 113 Å². The van der Waals surface area contributed by atoms with E-state index >= 15 is 0 Å². The highest BCUT2D eigenvalue weighted by atomic mass is 16.5. The lowest BCUT2D eigenvalue weighted by Gasteiger charge is -2.27. The number of aromatic amines is 2. The molecule has 2 aromatic rings. The smallest absolute Gasteiger partial charge is 0.315 e. The van der Waals surface area contributed by atoms with E-state index in [4.69, 9.17) is 9.47 Å². The Kier molecular flexibility index (Phi) is 10.3. The third-order valence-electron chi connectivity index (χ3n) is 12.2. The molecule has 2 unspecified atom stereocenters. The summed E-state index contributed by atoms with van der Waals surface area (Å²) in [5, 5.41) is 21.2. The van der Waals surface area contributed by atoms with Gasteiger partial charge in [0.15, 0.2) is 0 Å². The van der Waals surface area contributed by atoms with E-state index in [-0.39, 0.29) is 36.2 Å². The largest absolute Gasteiger partial charge is 0.468 e. The number of carbonyl (C=O) groups excluding carboxylic acids is 2. The summed E-state index contributed by atoms with van der Waals surface area (Å²) in [6.07, 6.45) is 10.1. The number of rotatable bonds is 10. The molecule has 1 aliphatic carbocycles. The lowest BCUT2D eigenvalue weighted by Crippen LogP contribution is -2.37. The normalized spacial score (nSPS) is 28.6. The minimum atomic E-state index is -1.06. The maximum absolute atomic E-state index is 13.5. The van der Waals surface area contributed by atoms with E-state index in [0.29, 0.717) is 18.9 Å². The van der Waals surface area contributed by atoms with Crippen molar-refractivity contribution in [3.8, 4) is 0 Å². The second-order valence-corrected chi connectivity index (χ2v) is 14.9. The minimum Gasteiger partial charge on any atom is -0.468 e. The first-order valence-electron chi connectivity index (χ1n) is 18.7. The van der Waals surface area contributed by atoms with Crippen molar-refractivity contribution in [2.75, 3.05) is 13.7 Å². The number of carbonyl (C=O) groups is 2. The maximum atomic E-state index is 13.5. The predicted octanol–water partition coefficient (Wildman–Crippen LogP) is 5.46. The van der Waals surface area contributed by atoms with E-state index in [1.807, 2.05) is 6.92 Å². The lowest BCUT2D eigenvalue weighted by atomic mass is 9.80. The molecule has 50 heavy (non-hydrogen) atoms. The Morgan fingerprint density at radius 3 is 2.44 bits per heavy atom. The van der Waals surface area contributed by atoms with Crippen LogP contribution in [0.4, 0.5) is 0 Å². The molecule has 6 rings (SSSR count). The molecule has 9 heteroatoms. The number of aromatic nitrogens is 2. The van der Waals surface area contributed by atoms with Gasteiger partial charge in [0, 0.05) is 63.0 Å². The van der Waals surface area contributed by atoms with Crippen molar-refractivity contribution in [2.24, 2.45) is 29.6 Å². The highest BCUT2D eigenvalue weighted by Crippen LogP contribution is 2.45. The Labute approximate surface area is 296 Å². The number of ether oxygens (including phenoxy) is 2. The van der Waals surface area contributed by atoms with Crippen LogP contribution < -0.4 is 21.3 Å². The summed E-state index contributed by atoms with van der Waals surface area (Å²) < 4.78 is 11.0. The number of H-pyrrole nitrogens is 2. The van der Waals surface area contributed by atoms with Gasteiger partial charge in [-0.1, -0.05) is 41.0 Å². The van der Waals surface area contributed by atoms with Gasteiger partial charge in [0.05, 0.1) is 25.9 Å². The van der Waals surface area contributed by atoms with Crippen LogP contribution in [-0.4, -0.2) is 46.8 Å². The van der Waals surface area contributed by atoms with Gasteiger partial charge in [0.2, 0.25) is 0 Å². The van der Waals surface area contributed by atoms with Gasteiger partial charge in [-0.2, -0.15) is 0 Å². The fourth-order valence-electron chi connectivity index (χ4n) is 8.80. The van der Waals surface area contributed by atoms with Crippen LogP contribution in [0.3, 0.4) is 0 Å². The van der Waals surface area contributed by atoms with Crippen LogP contribution in [0.2, 0.25) is 0 Å². The first-order valence-corrected chi connectivity index (χ1v) is 18.7. The number of nitrogens with one attached hydrogen (secondary N) is 4. The average Bonchev–Trinajstić information content (AvgIpc) is 3.84. The van der Waals surface area contributed by atoms with Crippen LogP contribution in [0, 0.1) is 43.4 Å². The van der Waals surface area contributed by atoms with E-state index in [9.17, 15) is 14.7 Å². The van der Waals surface area contributed by atoms with Crippen molar-refractivity contribution in [2.45, 2.75) is 106 Å². The van der Waals surface area contributed by atoms with Gasteiger partial charge >= 0.3 is 11.9 Å². The minimum absolute atomic E-state index is 0.0350. The van der Waals surface area contributed by atoms with Crippen molar-refractivity contribution >= 4 is 29.7 Å². The summed E-state index contributed by atoms with van der Waals surface area (Å²) in [6, 6.07) is -0.326. The SMILES string of the molecule is CCc1c2[nH]c(c1C)/C=C1\NC(=C(C)[C@H]1CC)/C=C1\NC(C3=c4[nH]/c(c(C)c4[C@H](O)[C@@H]3C(=O)OC)=C\2)[C@@H](CCC(=O)OCCC(C)CC)[C@@H]1C. The van der Waals surface area contributed by atoms with Crippen molar-refractivity contribution in [1.82, 2.24) is 20.6 Å². The van der Waals surface area contributed by atoms with Gasteiger partial charge in [-0.05, 0) is 104 Å². The van der Waals surface area contributed by atoms with Crippen molar-refractivity contribution < 1.29 is 24.2 Å². The number of hydrogen-bond donors (Lipinski definition) is 5. The molecule has 0 spiro atoms. The number of methoxy groups -OCH3 is 1. The molecule has 1 saturated heterocycles. The molecular weight excluding hydrogens is 628 g/mol. The van der Waals surface area contributed by atoms with Gasteiger partial charge in [-0.15, -0.1) is 0 Å². The van der Waals surface area contributed by atoms with Crippen molar-refractivity contribution in [3.05, 3.63) is 73.1 Å². The molecule has 4 aliphatic rings. The van der Waals surface area contributed by atoms with Gasteiger partial charge in [0.25, 0.3) is 0 Å².